The van der Waals surface area contributed by atoms with Crippen molar-refractivity contribution in [3.8, 4) is 0 Å². The number of imidazole rings is 1. The standard InChI is InChI=1S/C21H24N4O/c1-15(26)22-18-9-7-16(8-10-18)13-25-12-11-17(14-25)21-23-19-5-3-4-6-20(19)24(21)2/h3-10,17H,11-14H2,1-2H3,(H,22,26). The van der Waals surface area contributed by atoms with Crippen LogP contribution in [0.25, 0.3) is 11.0 Å². The minimum Gasteiger partial charge on any atom is -0.331 e. The van der Waals surface area contributed by atoms with Crippen LogP contribution in [0.1, 0.15) is 30.7 Å². The van der Waals surface area contributed by atoms with E-state index in [4.69, 9.17) is 4.98 Å². The molecule has 1 atom stereocenters. The van der Waals surface area contributed by atoms with Gasteiger partial charge in [-0.15, -0.1) is 0 Å². The maximum atomic E-state index is 11.1. The third kappa shape index (κ3) is 3.35. The van der Waals surface area contributed by atoms with Gasteiger partial charge in [-0.05, 0) is 42.8 Å². The molecule has 1 fully saturated rings. The predicted molar refractivity (Wildman–Crippen MR) is 104 cm³/mol. The van der Waals surface area contributed by atoms with Crippen LogP contribution in [0, 0.1) is 0 Å². The number of benzene rings is 2. The first-order valence-electron chi connectivity index (χ1n) is 9.10. The molecule has 4 rings (SSSR count). The van der Waals surface area contributed by atoms with Crippen molar-refractivity contribution >= 4 is 22.6 Å². The Morgan fingerprint density at radius 3 is 2.69 bits per heavy atom. The smallest absolute Gasteiger partial charge is 0.221 e. The average Bonchev–Trinajstić information content (AvgIpc) is 3.21. The van der Waals surface area contributed by atoms with Crippen molar-refractivity contribution in [2.45, 2.75) is 25.8 Å². The van der Waals surface area contributed by atoms with Crippen molar-refractivity contribution in [2.75, 3.05) is 18.4 Å². The third-order valence-corrected chi connectivity index (χ3v) is 5.14. The molecular weight excluding hydrogens is 324 g/mol. The highest BCUT2D eigenvalue weighted by atomic mass is 16.1. The van der Waals surface area contributed by atoms with E-state index in [0.29, 0.717) is 5.92 Å². The Labute approximate surface area is 153 Å². The Morgan fingerprint density at radius 1 is 1.19 bits per heavy atom. The van der Waals surface area contributed by atoms with Crippen molar-refractivity contribution < 1.29 is 4.79 Å². The van der Waals surface area contributed by atoms with Crippen LogP contribution in [0.15, 0.2) is 48.5 Å². The first-order valence-corrected chi connectivity index (χ1v) is 9.10. The molecule has 1 aliphatic rings. The van der Waals surface area contributed by atoms with Gasteiger partial charge in [-0.1, -0.05) is 24.3 Å². The molecule has 0 saturated carbocycles. The van der Waals surface area contributed by atoms with Gasteiger partial charge in [0.25, 0.3) is 0 Å². The number of amides is 1. The highest BCUT2D eigenvalue weighted by Crippen LogP contribution is 2.29. The van der Waals surface area contributed by atoms with E-state index in [2.05, 4.69) is 52.2 Å². The molecule has 1 aliphatic heterocycles. The molecule has 2 aromatic carbocycles. The molecule has 26 heavy (non-hydrogen) atoms. The number of fused-ring (bicyclic) bond motifs is 1. The number of para-hydroxylation sites is 2. The second-order valence-corrected chi connectivity index (χ2v) is 7.12. The van der Waals surface area contributed by atoms with E-state index >= 15 is 0 Å². The van der Waals surface area contributed by atoms with E-state index in [1.807, 2.05) is 18.2 Å². The van der Waals surface area contributed by atoms with Crippen LogP contribution in [0.4, 0.5) is 5.69 Å². The summed E-state index contributed by atoms with van der Waals surface area (Å²) in [5.74, 6) is 1.63. The van der Waals surface area contributed by atoms with Crippen molar-refractivity contribution in [1.82, 2.24) is 14.5 Å². The molecule has 2 heterocycles. The summed E-state index contributed by atoms with van der Waals surface area (Å²) >= 11 is 0. The van der Waals surface area contributed by atoms with Gasteiger partial charge in [0.15, 0.2) is 0 Å². The molecule has 0 bridgehead atoms. The molecule has 5 nitrogen and oxygen atoms in total. The monoisotopic (exact) mass is 348 g/mol. The first-order chi connectivity index (χ1) is 12.6. The van der Waals surface area contributed by atoms with Crippen LogP contribution in [-0.2, 0) is 18.4 Å². The summed E-state index contributed by atoms with van der Waals surface area (Å²) in [4.78, 5) is 18.5. The zero-order valence-electron chi connectivity index (χ0n) is 15.3. The number of aryl methyl sites for hydroxylation is 1. The highest BCUT2D eigenvalue weighted by Gasteiger charge is 2.27. The highest BCUT2D eigenvalue weighted by molar-refractivity contribution is 5.88. The van der Waals surface area contributed by atoms with E-state index in [1.54, 1.807) is 0 Å². The number of nitrogens with zero attached hydrogens (tertiary/aromatic N) is 3. The largest absolute Gasteiger partial charge is 0.331 e. The summed E-state index contributed by atoms with van der Waals surface area (Å²) in [6, 6.07) is 16.5. The van der Waals surface area contributed by atoms with E-state index in [-0.39, 0.29) is 5.91 Å². The molecule has 1 amide bonds. The van der Waals surface area contributed by atoms with E-state index in [1.165, 1.54) is 23.8 Å². The number of rotatable bonds is 4. The summed E-state index contributed by atoms with van der Waals surface area (Å²) in [6.45, 7) is 4.58. The Kier molecular flexibility index (Phi) is 4.47. The summed E-state index contributed by atoms with van der Waals surface area (Å²) < 4.78 is 2.24. The molecule has 1 unspecified atom stereocenters. The maximum Gasteiger partial charge on any atom is 0.221 e. The lowest BCUT2D eigenvalue weighted by molar-refractivity contribution is -0.114. The van der Waals surface area contributed by atoms with Crippen LogP contribution in [-0.4, -0.2) is 33.4 Å². The van der Waals surface area contributed by atoms with Crippen molar-refractivity contribution in [1.29, 1.82) is 0 Å². The molecule has 134 valence electrons. The summed E-state index contributed by atoms with van der Waals surface area (Å²) in [6.07, 6.45) is 1.14. The maximum absolute atomic E-state index is 11.1. The van der Waals surface area contributed by atoms with Crippen LogP contribution < -0.4 is 5.32 Å². The van der Waals surface area contributed by atoms with E-state index in [9.17, 15) is 4.79 Å². The van der Waals surface area contributed by atoms with Crippen LogP contribution >= 0.6 is 0 Å². The minimum atomic E-state index is -0.0393. The van der Waals surface area contributed by atoms with Crippen LogP contribution in [0.3, 0.4) is 0 Å². The Hall–Kier alpha value is -2.66. The Morgan fingerprint density at radius 2 is 1.96 bits per heavy atom. The molecule has 5 heteroatoms. The molecule has 0 aliphatic carbocycles. The van der Waals surface area contributed by atoms with Crippen molar-refractivity contribution in [3.05, 3.63) is 59.9 Å². The van der Waals surface area contributed by atoms with E-state index < -0.39 is 0 Å². The van der Waals surface area contributed by atoms with Crippen LogP contribution in [0.5, 0.6) is 0 Å². The molecular formula is C21H24N4O. The molecule has 1 N–H and O–H groups in total. The van der Waals surface area contributed by atoms with Crippen molar-refractivity contribution in [2.24, 2.45) is 7.05 Å². The Bertz CT molecular complexity index is 929. The fourth-order valence-electron chi connectivity index (χ4n) is 3.87. The lowest BCUT2D eigenvalue weighted by Gasteiger charge is -2.16. The quantitative estimate of drug-likeness (QED) is 0.785. The lowest BCUT2D eigenvalue weighted by atomic mass is 10.1. The fraction of sp³-hybridized carbons (Fsp3) is 0.333. The zero-order valence-corrected chi connectivity index (χ0v) is 15.3. The van der Waals surface area contributed by atoms with E-state index in [0.717, 1.165) is 37.3 Å². The molecule has 0 spiro atoms. The number of hydrogen-bond acceptors (Lipinski definition) is 3. The summed E-state index contributed by atoms with van der Waals surface area (Å²) in [7, 11) is 2.12. The second kappa shape index (κ2) is 6.92. The summed E-state index contributed by atoms with van der Waals surface area (Å²) in [5.41, 5.74) is 4.40. The molecule has 1 aromatic heterocycles. The second-order valence-electron chi connectivity index (χ2n) is 7.12. The van der Waals surface area contributed by atoms with Gasteiger partial charge in [-0.3, -0.25) is 9.69 Å². The Balaban J connectivity index is 1.43. The predicted octanol–water partition coefficient (Wildman–Crippen LogP) is 3.52. The molecule has 0 radical (unpaired) electrons. The number of aromatic nitrogens is 2. The number of carbonyl (C=O) groups excluding carboxylic acids is 1. The van der Waals surface area contributed by atoms with Gasteiger partial charge < -0.3 is 9.88 Å². The van der Waals surface area contributed by atoms with Gasteiger partial charge in [0.1, 0.15) is 5.82 Å². The van der Waals surface area contributed by atoms with Gasteiger partial charge in [0, 0.05) is 38.7 Å². The van der Waals surface area contributed by atoms with Gasteiger partial charge in [0.05, 0.1) is 11.0 Å². The normalized spacial score (nSPS) is 17.7. The fourth-order valence-corrected chi connectivity index (χ4v) is 3.87. The number of hydrogen-bond donors (Lipinski definition) is 1. The van der Waals surface area contributed by atoms with Gasteiger partial charge in [-0.2, -0.15) is 0 Å². The van der Waals surface area contributed by atoms with Gasteiger partial charge >= 0.3 is 0 Å². The number of carbonyl (C=O) groups is 1. The SMILES string of the molecule is CC(=O)Nc1ccc(CN2CCC(c3nc4ccccc4n3C)C2)cc1. The number of likely N-dealkylation sites (tertiary alicyclic amines) is 1. The molecule has 3 aromatic rings. The van der Waals surface area contributed by atoms with Crippen LogP contribution in [0.2, 0.25) is 0 Å². The minimum absolute atomic E-state index is 0.0393. The van der Waals surface area contributed by atoms with Crippen molar-refractivity contribution in [3.63, 3.8) is 0 Å². The average molecular weight is 348 g/mol. The topological polar surface area (TPSA) is 50.2 Å². The number of nitrogens with one attached hydrogen (secondary N) is 1. The lowest BCUT2D eigenvalue weighted by Crippen LogP contribution is -2.20. The first kappa shape index (κ1) is 16.8. The number of anilines is 1. The van der Waals surface area contributed by atoms with Gasteiger partial charge in [-0.25, -0.2) is 4.98 Å². The third-order valence-electron chi connectivity index (χ3n) is 5.14. The molecule has 1 saturated heterocycles. The van der Waals surface area contributed by atoms with Gasteiger partial charge in [0.2, 0.25) is 5.91 Å². The summed E-state index contributed by atoms with van der Waals surface area (Å²) in [5, 5.41) is 2.81. The zero-order chi connectivity index (χ0) is 18.1.